The zero-order valence-electron chi connectivity index (χ0n) is 10.1. The maximum Gasteiger partial charge on any atom is 0.251 e. The highest BCUT2D eigenvalue weighted by atomic mass is 35.5. The second kappa shape index (κ2) is 5.00. The fourth-order valence-corrected chi connectivity index (χ4v) is 2.57. The first-order chi connectivity index (χ1) is 8.31. The lowest BCUT2D eigenvalue weighted by molar-refractivity contribution is 0.0954. The van der Waals surface area contributed by atoms with Crippen LogP contribution in [-0.2, 0) is 0 Å². The summed E-state index contributed by atoms with van der Waals surface area (Å²) in [7, 11) is 1.93. The maximum absolute atomic E-state index is 12.0. The third-order valence-electron chi connectivity index (χ3n) is 3.38. The fourth-order valence-electron chi connectivity index (χ4n) is 2.57. The zero-order chi connectivity index (χ0) is 11.8. The van der Waals surface area contributed by atoms with Gasteiger partial charge in [0.2, 0.25) is 0 Å². The van der Waals surface area contributed by atoms with Crippen LogP contribution in [0.25, 0.3) is 10.9 Å². The number of amides is 1. The number of H-pyrrole nitrogens is 1. The molecule has 5 heteroatoms. The molecular formula is C13H16ClN3O. The van der Waals surface area contributed by atoms with Crippen molar-refractivity contribution >= 4 is 29.2 Å². The molecule has 3 rings (SSSR count). The largest absolute Gasteiger partial charge is 0.361 e. The number of aromatic amines is 1. The number of benzene rings is 1. The van der Waals surface area contributed by atoms with Gasteiger partial charge in [-0.2, -0.15) is 0 Å². The van der Waals surface area contributed by atoms with Gasteiger partial charge in [0.25, 0.3) is 5.91 Å². The molecule has 1 amide bonds. The van der Waals surface area contributed by atoms with E-state index in [1.165, 1.54) is 5.56 Å². The molecule has 1 aromatic heterocycles. The minimum Gasteiger partial charge on any atom is -0.361 e. The van der Waals surface area contributed by atoms with E-state index in [1.54, 1.807) is 0 Å². The Kier molecular flexibility index (Phi) is 3.59. The Morgan fingerprint density at radius 3 is 3.06 bits per heavy atom. The van der Waals surface area contributed by atoms with Crippen molar-refractivity contribution in [1.29, 1.82) is 0 Å². The quantitative estimate of drug-likeness (QED) is 0.773. The molecule has 1 aromatic carbocycles. The average molecular weight is 266 g/mol. The molecule has 0 bridgehead atoms. The van der Waals surface area contributed by atoms with Crippen molar-refractivity contribution in [2.45, 2.75) is 5.92 Å². The Labute approximate surface area is 112 Å². The summed E-state index contributed by atoms with van der Waals surface area (Å²) >= 11 is 0. The normalized spacial score (nSPS) is 18.1. The van der Waals surface area contributed by atoms with Crippen LogP contribution in [0.15, 0.2) is 24.4 Å². The lowest BCUT2D eigenvalue weighted by Gasteiger charge is -2.13. The highest BCUT2D eigenvalue weighted by molar-refractivity contribution is 6.08. The average Bonchev–Trinajstić information content (AvgIpc) is 2.72. The van der Waals surface area contributed by atoms with Crippen molar-refractivity contribution in [2.75, 3.05) is 20.1 Å². The predicted octanol–water partition coefficient (Wildman–Crippen LogP) is 1.64. The van der Waals surface area contributed by atoms with E-state index in [0.717, 1.165) is 23.0 Å². The van der Waals surface area contributed by atoms with Crippen LogP contribution in [0.3, 0.4) is 0 Å². The highest BCUT2D eigenvalue weighted by Crippen LogP contribution is 2.30. The summed E-state index contributed by atoms with van der Waals surface area (Å²) in [6, 6.07) is 5.81. The van der Waals surface area contributed by atoms with E-state index < -0.39 is 0 Å². The van der Waals surface area contributed by atoms with Crippen LogP contribution in [0.4, 0.5) is 0 Å². The van der Waals surface area contributed by atoms with Crippen molar-refractivity contribution in [2.24, 2.45) is 0 Å². The molecule has 0 saturated heterocycles. The van der Waals surface area contributed by atoms with E-state index in [1.807, 2.05) is 31.4 Å². The minimum atomic E-state index is 0. The summed E-state index contributed by atoms with van der Waals surface area (Å²) < 4.78 is 0. The third-order valence-corrected chi connectivity index (χ3v) is 3.38. The van der Waals surface area contributed by atoms with Crippen molar-refractivity contribution < 1.29 is 4.79 Å². The van der Waals surface area contributed by atoms with Crippen LogP contribution in [0.1, 0.15) is 21.8 Å². The number of likely N-dealkylation sites (N-methyl/N-ethyl adjacent to an activating group) is 1. The van der Waals surface area contributed by atoms with Gasteiger partial charge < -0.3 is 15.6 Å². The number of aromatic nitrogens is 1. The monoisotopic (exact) mass is 265 g/mol. The number of nitrogens with one attached hydrogen (secondary N) is 3. The van der Waals surface area contributed by atoms with Gasteiger partial charge in [-0.1, -0.05) is 6.07 Å². The van der Waals surface area contributed by atoms with E-state index in [2.05, 4.69) is 15.6 Å². The third kappa shape index (κ3) is 1.87. The number of carbonyl (C=O) groups excluding carboxylic acids is 1. The second-order valence-corrected chi connectivity index (χ2v) is 4.44. The molecule has 0 aliphatic carbocycles. The SMILES string of the molecule is CNC[C@H]1CNC(=O)c2cccc3[nH]cc1c23.Cl. The number of carbonyl (C=O) groups is 1. The molecule has 2 heterocycles. The molecule has 1 aliphatic heterocycles. The fraction of sp³-hybridized carbons (Fsp3) is 0.308. The van der Waals surface area contributed by atoms with E-state index >= 15 is 0 Å². The van der Waals surface area contributed by atoms with Gasteiger partial charge in [0, 0.05) is 41.7 Å². The summed E-state index contributed by atoms with van der Waals surface area (Å²) in [6.45, 7) is 1.54. The topological polar surface area (TPSA) is 56.9 Å². The van der Waals surface area contributed by atoms with Crippen molar-refractivity contribution in [3.05, 3.63) is 35.5 Å². The van der Waals surface area contributed by atoms with Crippen molar-refractivity contribution in [3.8, 4) is 0 Å². The minimum absolute atomic E-state index is 0. The van der Waals surface area contributed by atoms with E-state index in [0.29, 0.717) is 12.5 Å². The van der Waals surface area contributed by atoms with Crippen LogP contribution in [0, 0.1) is 0 Å². The van der Waals surface area contributed by atoms with Gasteiger partial charge in [0.05, 0.1) is 0 Å². The number of hydrogen-bond donors (Lipinski definition) is 3. The van der Waals surface area contributed by atoms with E-state index in [4.69, 9.17) is 0 Å². The predicted molar refractivity (Wildman–Crippen MR) is 74.5 cm³/mol. The molecule has 18 heavy (non-hydrogen) atoms. The summed E-state index contributed by atoms with van der Waals surface area (Å²) in [5, 5.41) is 7.23. The molecule has 1 aliphatic rings. The van der Waals surface area contributed by atoms with Gasteiger partial charge in [-0.3, -0.25) is 4.79 Å². The van der Waals surface area contributed by atoms with Gasteiger partial charge in [0.15, 0.2) is 0 Å². The summed E-state index contributed by atoms with van der Waals surface area (Å²) in [6.07, 6.45) is 2.02. The maximum atomic E-state index is 12.0. The molecule has 96 valence electrons. The molecule has 4 nitrogen and oxygen atoms in total. The summed E-state index contributed by atoms with van der Waals surface area (Å²) in [5.41, 5.74) is 3.04. The van der Waals surface area contributed by atoms with Gasteiger partial charge in [0.1, 0.15) is 0 Å². The summed E-state index contributed by atoms with van der Waals surface area (Å²) in [4.78, 5) is 15.2. The van der Waals surface area contributed by atoms with Gasteiger partial charge in [-0.05, 0) is 24.7 Å². The Morgan fingerprint density at radius 1 is 1.44 bits per heavy atom. The van der Waals surface area contributed by atoms with Crippen LogP contribution in [-0.4, -0.2) is 31.0 Å². The highest BCUT2D eigenvalue weighted by Gasteiger charge is 2.24. The molecule has 0 unspecified atom stereocenters. The smallest absolute Gasteiger partial charge is 0.251 e. The first-order valence-corrected chi connectivity index (χ1v) is 5.84. The summed E-state index contributed by atoms with van der Waals surface area (Å²) in [5.74, 6) is 0.344. The van der Waals surface area contributed by atoms with Gasteiger partial charge in [-0.15, -0.1) is 12.4 Å². The van der Waals surface area contributed by atoms with E-state index in [9.17, 15) is 4.79 Å². The Bertz CT molecular complexity index is 579. The van der Waals surface area contributed by atoms with E-state index in [-0.39, 0.29) is 18.3 Å². The Balaban J connectivity index is 0.00000120. The molecule has 0 saturated carbocycles. The molecule has 0 radical (unpaired) electrons. The molecule has 1 atom stereocenters. The van der Waals surface area contributed by atoms with Crippen molar-refractivity contribution in [1.82, 2.24) is 15.6 Å². The number of rotatable bonds is 2. The lowest BCUT2D eigenvalue weighted by Crippen LogP contribution is -2.30. The Hall–Kier alpha value is -1.52. The zero-order valence-corrected chi connectivity index (χ0v) is 10.9. The van der Waals surface area contributed by atoms with Gasteiger partial charge in [-0.25, -0.2) is 0 Å². The van der Waals surface area contributed by atoms with Crippen LogP contribution < -0.4 is 10.6 Å². The number of hydrogen-bond acceptors (Lipinski definition) is 2. The molecular weight excluding hydrogens is 250 g/mol. The molecule has 3 N–H and O–H groups in total. The second-order valence-electron chi connectivity index (χ2n) is 4.44. The lowest BCUT2D eigenvalue weighted by atomic mass is 9.97. The first-order valence-electron chi connectivity index (χ1n) is 5.84. The van der Waals surface area contributed by atoms with Gasteiger partial charge >= 0.3 is 0 Å². The first kappa shape index (κ1) is 12.9. The molecule has 0 spiro atoms. The Morgan fingerprint density at radius 2 is 2.28 bits per heavy atom. The molecule has 0 fully saturated rings. The van der Waals surface area contributed by atoms with Crippen LogP contribution in [0.2, 0.25) is 0 Å². The molecule has 2 aromatic rings. The van der Waals surface area contributed by atoms with Crippen LogP contribution in [0.5, 0.6) is 0 Å². The standard InChI is InChI=1S/C13H15N3O.ClH/c1-14-5-8-6-16-13(17)9-3-2-4-11-12(9)10(8)7-15-11;/h2-4,7-8,14-15H,5-6H2,1H3,(H,16,17);1H/t8-;/m0./s1. The van der Waals surface area contributed by atoms with Crippen LogP contribution >= 0.6 is 12.4 Å². The number of halogens is 1. The van der Waals surface area contributed by atoms with Crippen molar-refractivity contribution in [3.63, 3.8) is 0 Å².